The van der Waals surface area contributed by atoms with Crippen molar-refractivity contribution in [2.75, 3.05) is 6.61 Å². The van der Waals surface area contributed by atoms with E-state index >= 15 is 0 Å². The van der Waals surface area contributed by atoms with Gasteiger partial charge in [0, 0.05) is 30.1 Å². The highest BCUT2D eigenvalue weighted by molar-refractivity contribution is 5.97. The summed E-state index contributed by atoms with van der Waals surface area (Å²) in [6.07, 6.45) is 5.46. The fraction of sp³-hybridized carbons (Fsp3) is 0.292. The maximum absolute atomic E-state index is 13.8. The van der Waals surface area contributed by atoms with Gasteiger partial charge in [-0.25, -0.2) is 9.37 Å². The number of carbonyl (C=O) groups excluding carboxylic acids is 1. The van der Waals surface area contributed by atoms with Crippen molar-refractivity contribution in [2.45, 2.75) is 32.9 Å². The van der Waals surface area contributed by atoms with Gasteiger partial charge in [0.1, 0.15) is 11.4 Å². The molecule has 0 radical (unpaired) electrons. The van der Waals surface area contributed by atoms with Gasteiger partial charge in [-0.1, -0.05) is 18.2 Å². The van der Waals surface area contributed by atoms with Gasteiger partial charge in [0.2, 0.25) is 5.88 Å². The van der Waals surface area contributed by atoms with Crippen molar-refractivity contribution in [1.82, 2.24) is 15.3 Å². The van der Waals surface area contributed by atoms with Gasteiger partial charge in [-0.15, -0.1) is 0 Å². The van der Waals surface area contributed by atoms with Crippen LogP contribution < -0.4 is 10.1 Å². The van der Waals surface area contributed by atoms with Gasteiger partial charge in [-0.3, -0.25) is 9.78 Å². The molecule has 0 atom stereocenters. The molecular formula is C24H24FN3O3. The van der Waals surface area contributed by atoms with E-state index in [1.54, 1.807) is 43.6 Å². The van der Waals surface area contributed by atoms with Gasteiger partial charge in [0.05, 0.1) is 18.9 Å². The van der Waals surface area contributed by atoms with E-state index in [-0.39, 0.29) is 30.8 Å². The molecule has 2 aromatic heterocycles. The van der Waals surface area contributed by atoms with Crippen LogP contribution in [0.5, 0.6) is 5.88 Å². The molecule has 0 spiro atoms. The fourth-order valence-electron chi connectivity index (χ4n) is 3.21. The summed E-state index contributed by atoms with van der Waals surface area (Å²) in [5.41, 5.74) is 3.36. The first-order chi connectivity index (χ1) is 15.0. The Morgan fingerprint density at radius 2 is 2.10 bits per heavy atom. The standard InChI is InChI=1S/C24H24FN3O3/c1-15-4-5-17(9-21(15)25)11-27-23(30)20-10-18(19-3-2-8-26-22(19)13-29)12-28-24(20)31-14-16-6-7-16/h2-5,8-10,12,16,29H,6-7,11,13-14H2,1H3,(H,27,30). The van der Waals surface area contributed by atoms with Crippen molar-refractivity contribution in [3.8, 4) is 17.0 Å². The molecule has 0 aliphatic heterocycles. The Labute approximate surface area is 180 Å². The van der Waals surface area contributed by atoms with E-state index in [1.165, 1.54) is 6.07 Å². The molecule has 3 aromatic rings. The van der Waals surface area contributed by atoms with E-state index in [9.17, 15) is 14.3 Å². The number of carbonyl (C=O) groups is 1. The van der Waals surface area contributed by atoms with Crippen molar-refractivity contribution < 1.29 is 19.0 Å². The normalized spacial score (nSPS) is 13.1. The number of pyridine rings is 2. The first kappa shape index (κ1) is 20.9. The summed E-state index contributed by atoms with van der Waals surface area (Å²) >= 11 is 0. The smallest absolute Gasteiger partial charge is 0.257 e. The molecule has 1 aliphatic carbocycles. The van der Waals surface area contributed by atoms with Crippen LogP contribution in [0.4, 0.5) is 4.39 Å². The first-order valence-corrected chi connectivity index (χ1v) is 10.3. The van der Waals surface area contributed by atoms with Gasteiger partial charge in [-0.05, 0) is 55.0 Å². The summed E-state index contributed by atoms with van der Waals surface area (Å²) in [5.74, 6) is 0.0949. The third-order valence-corrected chi connectivity index (χ3v) is 5.29. The molecule has 6 nitrogen and oxygen atoms in total. The number of amides is 1. The minimum Gasteiger partial charge on any atom is -0.477 e. The summed E-state index contributed by atoms with van der Waals surface area (Å²) in [7, 11) is 0. The predicted molar refractivity (Wildman–Crippen MR) is 114 cm³/mol. The van der Waals surface area contributed by atoms with E-state index in [1.807, 2.05) is 6.07 Å². The van der Waals surface area contributed by atoms with Crippen molar-refractivity contribution >= 4 is 5.91 Å². The minimum atomic E-state index is -0.365. The van der Waals surface area contributed by atoms with Crippen molar-refractivity contribution in [2.24, 2.45) is 5.92 Å². The first-order valence-electron chi connectivity index (χ1n) is 10.3. The molecule has 1 aromatic carbocycles. The Bertz CT molecular complexity index is 1100. The quantitative estimate of drug-likeness (QED) is 0.578. The molecule has 31 heavy (non-hydrogen) atoms. The summed E-state index contributed by atoms with van der Waals surface area (Å²) in [5, 5.41) is 12.4. The Balaban J connectivity index is 1.60. The zero-order valence-corrected chi connectivity index (χ0v) is 17.3. The molecule has 0 saturated heterocycles. The van der Waals surface area contributed by atoms with Crippen LogP contribution in [0.15, 0.2) is 48.8 Å². The van der Waals surface area contributed by atoms with Gasteiger partial charge in [-0.2, -0.15) is 0 Å². The van der Waals surface area contributed by atoms with E-state index in [2.05, 4.69) is 15.3 Å². The highest BCUT2D eigenvalue weighted by Gasteiger charge is 2.24. The van der Waals surface area contributed by atoms with Crippen LogP contribution in [0.2, 0.25) is 0 Å². The molecular weight excluding hydrogens is 397 g/mol. The molecule has 1 fully saturated rings. The summed E-state index contributed by atoms with van der Waals surface area (Å²) in [6, 6.07) is 10.1. The van der Waals surface area contributed by atoms with Crippen LogP contribution in [0.3, 0.4) is 0 Å². The number of aromatic nitrogens is 2. The van der Waals surface area contributed by atoms with Crippen molar-refractivity contribution in [3.05, 3.63) is 77.0 Å². The molecule has 0 unspecified atom stereocenters. The van der Waals surface area contributed by atoms with Gasteiger partial charge in [0.15, 0.2) is 0 Å². The average molecular weight is 421 g/mol. The molecule has 160 valence electrons. The lowest BCUT2D eigenvalue weighted by atomic mass is 10.0. The molecule has 1 saturated carbocycles. The number of nitrogens with one attached hydrogen (secondary N) is 1. The number of hydrogen-bond donors (Lipinski definition) is 2. The highest BCUT2D eigenvalue weighted by Crippen LogP contribution is 2.31. The lowest BCUT2D eigenvalue weighted by molar-refractivity contribution is 0.0945. The van der Waals surface area contributed by atoms with E-state index < -0.39 is 0 Å². The summed E-state index contributed by atoms with van der Waals surface area (Å²) in [6.45, 7) is 2.16. The lowest BCUT2D eigenvalue weighted by Crippen LogP contribution is -2.24. The molecule has 2 N–H and O–H groups in total. The number of aryl methyl sites for hydroxylation is 1. The number of nitrogens with zero attached hydrogens (tertiary/aromatic N) is 2. The topological polar surface area (TPSA) is 84.3 Å². The molecule has 1 amide bonds. The average Bonchev–Trinajstić information content (AvgIpc) is 3.62. The number of halogens is 1. The second kappa shape index (κ2) is 9.22. The maximum Gasteiger partial charge on any atom is 0.257 e. The number of aliphatic hydroxyl groups is 1. The Kier molecular flexibility index (Phi) is 6.23. The third kappa shape index (κ3) is 5.06. The number of ether oxygens (including phenoxy) is 1. The van der Waals surface area contributed by atoms with Gasteiger partial charge in [0.25, 0.3) is 5.91 Å². The second-order valence-corrected chi connectivity index (χ2v) is 7.75. The van der Waals surface area contributed by atoms with Crippen LogP contribution in [0.25, 0.3) is 11.1 Å². The summed E-state index contributed by atoms with van der Waals surface area (Å²) < 4.78 is 19.6. The number of benzene rings is 1. The second-order valence-electron chi connectivity index (χ2n) is 7.75. The van der Waals surface area contributed by atoms with E-state index in [0.717, 1.165) is 12.8 Å². The zero-order chi connectivity index (χ0) is 21.8. The Morgan fingerprint density at radius 1 is 1.26 bits per heavy atom. The van der Waals surface area contributed by atoms with Gasteiger partial charge < -0.3 is 15.2 Å². The van der Waals surface area contributed by atoms with Crippen molar-refractivity contribution in [3.63, 3.8) is 0 Å². The maximum atomic E-state index is 13.8. The Hall–Kier alpha value is -3.32. The minimum absolute atomic E-state index is 0.178. The van der Waals surface area contributed by atoms with Crippen LogP contribution in [-0.4, -0.2) is 27.6 Å². The lowest BCUT2D eigenvalue weighted by Gasteiger charge is -2.13. The van der Waals surface area contributed by atoms with E-state index in [0.29, 0.717) is 46.0 Å². The summed E-state index contributed by atoms with van der Waals surface area (Å²) in [4.78, 5) is 21.6. The fourth-order valence-corrected chi connectivity index (χ4v) is 3.21. The predicted octanol–water partition coefficient (Wildman–Crippen LogP) is 3.80. The van der Waals surface area contributed by atoms with Crippen LogP contribution in [-0.2, 0) is 13.2 Å². The van der Waals surface area contributed by atoms with Gasteiger partial charge >= 0.3 is 0 Å². The molecule has 2 heterocycles. The third-order valence-electron chi connectivity index (χ3n) is 5.29. The van der Waals surface area contributed by atoms with Crippen molar-refractivity contribution in [1.29, 1.82) is 0 Å². The molecule has 0 bridgehead atoms. The highest BCUT2D eigenvalue weighted by atomic mass is 19.1. The molecule has 1 aliphatic rings. The molecule has 4 rings (SSSR count). The van der Waals surface area contributed by atoms with Crippen LogP contribution in [0.1, 0.15) is 40.0 Å². The number of aliphatic hydroxyl groups excluding tert-OH is 1. The Morgan fingerprint density at radius 3 is 2.84 bits per heavy atom. The largest absolute Gasteiger partial charge is 0.477 e. The van der Waals surface area contributed by atoms with E-state index in [4.69, 9.17) is 4.74 Å². The number of hydrogen-bond acceptors (Lipinski definition) is 5. The van der Waals surface area contributed by atoms with Crippen LogP contribution >= 0.6 is 0 Å². The van der Waals surface area contributed by atoms with Crippen LogP contribution in [0, 0.1) is 18.7 Å². The number of rotatable bonds is 8. The molecule has 7 heteroatoms. The SMILES string of the molecule is Cc1ccc(CNC(=O)c2cc(-c3cccnc3CO)cnc2OCC2CC2)cc1F. The monoisotopic (exact) mass is 421 g/mol. The zero-order valence-electron chi connectivity index (χ0n) is 17.3.